The third-order valence-corrected chi connectivity index (χ3v) is 4.29. The number of fused-ring (bicyclic) bond motifs is 1. The van der Waals surface area contributed by atoms with Gasteiger partial charge in [-0.15, -0.1) is 0 Å². The summed E-state index contributed by atoms with van der Waals surface area (Å²) in [6, 6.07) is 0. The molecule has 2 aromatic rings. The number of aromatic amines is 1. The standard InChI is InChI=1S/C14H19N5O3.C2H6.3H2/c1-7-17-9-8(15-6-16-9)10(18-7)19-11(20)13(2,3)14(4,5)12(21)22;1-2;;;/h6H,1-5H3,(H,21,22)(H2,15,16,17,18,19,20);1-2H3;3*1H. The number of aliphatic carboxylic acids is 1. The van der Waals surface area contributed by atoms with E-state index in [-0.39, 0.29) is 4.28 Å². The highest BCUT2D eigenvalue weighted by molar-refractivity contribution is 6.01. The lowest BCUT2D eigenvalue weighted by atomic mass is 9.67. The second-order valence-corrected chi connectivity index (χ2v) is 6.23. The molecule has 8 heteroatoms. The lowest BCUT2D eigenvalue weighted by Gasteiger charge is -2.36. The predicted molar refractivity (Wildman–Crippen MR) is 97.9 cm³/mol. The highest BCUT2D eigenvalue weighted by atomic mass is 16.4. The van der Waals surface area contributed by atoms with Gasteiger partial charge in [-0.3, -0.25) is 9.59 Å². The Kier molecular flexibility index (Phi) is 5.65. The first-order valence-corrected chi connectivity index (χ1v) is 7.80. The van der Waals surface area contributed by atoms with Crippen molar-refractivity contribution >= 4 is 28.9 Å². The molecule has 0 saturated carbocycles. The first kappa shape index (κ1) is 19.5. The summed E-state index contributed by atoms with van der Waals surface area (Å²) in [6.45, 7) is 11.9. The Balaban J connectivity index is -0.00000111. The Morgan fingerprint density at radius 3 is 2.29 bits per heavy atom. The number of hydrogen-bond acceptors (Lipinski definition) is 5. The second-order valence-electron chi connectivity index (χ2n) is 6.23. The maximum Gasteiger partial charge on any atom is 0.310 e. The number of H-pyrrole nitrogens is 1. The number of carbonyl (C=O) groups is 2. The van der Waals surface area contributed by atoms with Crippen LogP contribution in [0.5, 0.6) is 0 Å². The molecule has 0 aliphatic heterocycles. The normalized spacial score (nSPS) is 11.6. The Hall–Kier alpha value is -2.51. The van der Waals surface area contributed by atoms with Gasteiger partial charge in [0.1, 0.15) is 11.3 Å². The van der Waals surface area contributed by atoms with Crippen LogP contribution in [-0.4, -0.2) is 36.9 Å². The zero-order valence-corrected chi connectivity index (χ0v) is 15.2. The van der Waals surface area contributed by atoms with E-state index in [1.165, 1.54) is 20.2 Å². The number of rotatable bonds is 4. The molecule has 0 unspecified atom stereocenters. The van der Waals surface area contributed by atoms with E-state index in [0.717, 1.165) is 0 Å². The summed E-state index contributed by atoms with van der Waals surface area (Å²) >= 11 is 0. The van der Waals surface area contributed by atoms with Crippen LogP contribution in [0, 0.1) is 17.8 Å². The second kappa shape index (κ2) is 6.94. The quantitative estimate of drug-likeness (QED) is 0.782. The molecule has 0 spiro atoms. The molecule has 0 fully saturated rings. The number of hydrogen-bond donors (Lipinski definition) is 3. The van der Waals surface area contributed by atoms with Gasteiger partial charge in [-0.2, -0.15) is 0 Å². The van der Waals surface area contributed by atoms with Crippen LogP contribution in [0.1, 0.15) is 51.6 Å². The van der Waals surface area contributed by atoms with Crippen LogP contribution in [-0.2, 0) is 9.59 Å². The zero-order chi connectivity index (χ0) is 18.7. The van der Waals surface area contributed by atoms with Gasteiger partial charge < -0.3 is 15.4 Å². The van der Waals surface area contributed by atoms with Crippen molar-refractivity contribution in [2.24, 2.45) is 10.8 Å². The molecule has 0 bridgehead atoms. The maximum absolute atomic E-state index is 12.6. The van der Waals surface area contributed by atoms with E-state index in [1.807, 2.05) is 13.8 Å². The predicted octanol–water partition coefficient (Wildman–Crippen LogP) is 3.50. The van der Waals surface area contributed by atoms with Crippen LogP contribution in [0.4, 0.5) is 5.82 Å². The number of imidazole rings is 1. The number of carboxylic acids is 1. The minimum atomic E-state index is -1.24. The van der Waals surface area contributed by atoms with Crippen LogP contribution >= 0.6 is 0 Å². The van der Waals surface area contributed by atoms with Crippen molar-refractivity contribution in [3.63, 3.8) is 0 Å². The van der Waals surface area contributed by atoms with Crippen molar-refractivity contribution in [2.45, 2.75) is 48.5 Å². The molecule has 8 nitrogen and oxygen atoms in total. The van der Waals surface area contributed by atoms with Crippen molar-refractivity contribution in [1.29, 1.82) is 0 Å². The largest absolute Gasteiger partial charge is 0.481 e. The molecule has 138 valence electrons. The van der Waals surface area contributed by atoms with E-state index < -0.39 is 22.7 Å². The van der Waals surface area contributed by atoms with E-state index in [4.69, 9.17) is 0 Å². The molecule has 2 aromatic heterocycles. The minimum Gasteiger partial charge on any atom is -0.481 e. The summed E-state index contributed by atoms with van der Waals surface area (Å²) in [5, 5.41) is 12.0. The van der Waals surface area contributed by atoms with Gasteiger partial charge in [0.2, 0.25) is 5.91 Å². The number of nitrogens with zero attached hydrogens (tertiary/aromatic N) is 3. The number of carbonyl (C=O) groups excluding carboxylic acids is 1. The molecule has 3 N–H and O–H groups in total. The first-order chi connectivity index (χ1) is 11.1. The summed E-state index contributed by atoms with van der Waals surface area (Å²) in [5.41, 5.74) is -1.45. The number of aryl methyl sites for hydroxylation is 1. The van der Waals surface area contributed by atoms with Crippen molar-refractivity contribution in [1.82, 2.24) is 19.9 Å². The van der Waals surface area contributed by atoms with Gasteiger partial charge >= 0.3 is 5.97 Å². The Bertz CT molecular complexity index is 763. The van der Waals surface area contributed by atoms with Gasteiger partial charge in [-0.25, -0.2) is 15.0 Å². The van der Waals surface area contributed by atoms with Crippen molar-refractivity contribution in [2.75, 3.05) is 5.32 Å². The molecule has 2 rings (SSSR count). The van der Waals surface area contributed by atoms with E-state index >= 15 is 0 Å². The van der Waals surface area contributed by atoms with Crippen LogP contribution in [0.3, 0.4) is 0 Å². The number of carboxylic acid groups (broad SMARTS) is 1. The monoisotopic (exact) mass is 341 g/mol. The van der Waals surface area contributed by atoms with Crippen molar-refractivity contribution in [3.05, 3.63) is 12.2 Å². The SMILES string of the molecule is CC.Cc1nc(NC(=O)C(C)(C)C(C)(C)C(=O)O)c2[nH]cnc2n1.[HH].[HH].[HH]. The third-order valence-electron chi connectivity index (χ3n) is 4.29. The number of amides is 1. The van der Waals surface area contributed by atoms with Gasteiger partial charge in [0.05, 0.1) is 17.2 Å². The molecule has 0 aliphatic rings. The minimum absolute atomic E-state index is 0. The van der Waals surface area contributed by atoms with Crippen molar-refractivity contribution in [3.8, 4) is 0 Å². The highest BCUT2D eigenvalue weighted by Gasteiger charge is 2.48. The van der Waals surface area contributed by atoms with Gasteiger partial charge in [0.15, 0.2) is 11.5 Å². The fourth-order valence-corrected chi connectivity index (χ4v) is 1.85. The van der Waals surface area contributed by atoms with Crippen LogP contribution in [0.25, 0.3) is 11.2 Å². The van der Waals surface area contributed by atoms with E-state index in [0.29, 0.717) is 22.8 Å². The van der Waals surface area contributed by atoms with Gasteiger partial charge in [-0.05, 0) is 34.6 Å². The first-order valence-electron chi connectivity index (χ1n) is 7.80. The summed E-state index contributed by atoms with van der Waals surface area (Å²) < 4.78 is 0. The number of aromatic nitrogens is 4. The van der Waals surface area contributed by atoms with E-state index in [2.05, 4.69) is 25.3 Å². The molecule has 2 heterocycles. The Labute approximate surface area is 145 Å². The van der Waals surface area contributed by atoms with Crippen molar-refractivity contribution < 1.29 is 19.0 Å². The van der Waals surface area contributed by atoms with Crippen LogP contribution in [0.2, 0.25) is 0 Å². The Morgan fingerprint density at radius 1 is 1.17 bits per heavy atom. The van der Waals surface area contributed by atoms with Gasteiger partial charge in [0.25, 0.3) is 0 Å². The smallest absolute Gasteiger partial charge is 0.310 e. The third kappa shape index (κ3) is 3.37. The summed E-state index contributed by atoms with van der Waals surface area (Å²) in [5.74, 6) is -0.725. The fourth-order valence-electron chi connectivity index (χ4n) is 1.85. The fraction of sp³-hybridized carbons (Fsp3) is 0.562. The number of nitrogens with one attached hydrogen (secondary N) is 2. The molecule has 0 saturated heterocycles. The lowest BCUT2D eigenvalue weighted by molar-refractivity contribution is -0.158. The van der Waals surface area contributed by atoms with Crippen LogP contribution < -0.4 is 5.32 Å². The summed E-state index contributed by atoms with van der Waals surface area (Å²) in [4.78, 5) is 39.3. The molecule has 24 heavy (non-hydrogen) atoms. The molecule has 1 amide bonds. The molecular formula is C16H31N5O3. The lowest BCUT2D eigenvalue weighted by Crippen LogP contribution is -2.47. The van der Waals surface area contributed by atoms with E-state index in [9.17, 15) is 14.7 Å². The Morgan fingerprint density at radius 2 is 1.75 bits per heavy atom. The number of anilines is 1. The van der Waals surface area contributed by atoms with Gasteiger partial charge in [0, 0.05) is 4.28 Å². The van der Waals surface area contributed by atoms with E-state index in [1.54, 1.807) is 20.8 Å². The van der Waals surface area contributed by atoms with Gasteiger partial charge in [-0.1, -0.05) is 13.8 Å². The molecule has 0 aliphatic carbocycles. The topological polar surface area (TPSA) is 121 Å². The zero-order valence-electron chi connectivity index (χ0n) is 15.2. The average Bonchev–Trinajstić information content (AvgIpc) is 2.97. The van der Waals surface area contributed by atoms with Crippen LogP contribution in [0.15, 0.2) is 6.33 Å². The summed E-state index contributed by atoms with van der Waals surface area (Å²) in [7, 11) is 0. The molecule has 0 atom stereocenters. The molecule has 0 radical (unpaired) electrons. The molecular weight excluding hydrogens is 310 g/mol. The maximum atomic E-state index is 12.6. The average molecular weight is 341 g/mol. The molecule has 0 aromatic carbocycles. The summed E-state index contributed by atoms with van der Waals surface area (Å²) in [6.07, 6.45) is 1.46. The highest BCUT2D eigenvalue weighted by Crippen LogP contribution is 2.39.